The van der Waals surface area contributed by atoms with Crippen LogP contribution >= 0.6 is 11.8 Å². The zero-order valence-electron chi connectivity index (χ0n) is 16.6. The van der Waals surface area contributed by atoms with Gasteiger partial charge in [-0.3, -0.25) is 14.6 Å². The van der Waals surface area contributed by atoms with Crippen molar-refractivity contribution in [2.24, 2.45) is 0 Å². The first-order valence-electron chi connectivity index (χ1n) is 9.17. The van der Waals surface area contributed by atoms with Crippen LogP contribution in [0.4, 0.5) is 0 Å². The second kappa shape index (κ2) is 9.46. The number of aromatic nitrogens is 5. The van der Waals surface area contributed by atoms with Gasteiger partial charge in [0.25, 0.3) is 5.78 Å². The summed E-state index contributed by atoms with van der Waals surface area (Å²) >= 11 is 1.44. The van der Waals surface area contributed by atoms with Gasteiger partial charge in [0.05, 0.1) is 6.42 Å². The third kappa shape index (κ3) is 5.29. The van der Waals surface area contributed by atoms with Gasteiger partial charge in [0.1, 0.15) is 0 Å². The highest BCUT2D eigenvalue weighted by Gasteiger charge is 2.16. The van der Waals surface area contributed by atoms with Crippen LogP contribution in [0.2, 0.25) is 0 Å². The number of nitrogens with one attached hydrogen (secondary N) is 2. The fourth-order valence-electron chi connectivity index (χ4n) is 2.86. The minimum absolute atomic E-state index is 0.121. The molecule has 0 spiro atoms. The molecule has 3 heterocycles. The molecule has 0 fully saturated rings. The molecule has 2 N–H and O–H groups in total. The number of nitrogens with zero attached hydrogens (tertiary/aromatic N) is 5. The van der Waals surface area contributed by atoms with E-state index in [9.17, 15) is 9.59 Å². The normalized spacial score (nSPS) is 10.9. The summed E-state index contributed by atoms with van der Waals surface area (Å²) < 4.78 is 1.66. The van der Waals surface area contributed by atoms with Crippen molar-refractivity contribution >= 4 is 29.4 Å². The molecular formula is C19H23N7O2S. The molecule has 3 aromatic rings. The molecule has 0 saturated carbocycles. The molecule has 0 radical (unpaired) electrons. The van der Waals surface area contributed by atoms with E-state index in [0.717, 1.165) is 22.5 Å². The molecule has 152 valence electrons. The van der Waals surface area contributed by atoms with Crippen molar-refractivity contribution in [3.8, 4) is 0 Å². The first kappa shape index (κ1) is 20.7. The first-order valence-corrected chi connectivity index (χ1v) is 10.4. The average Bonchev–Trinajstić information content (AvgIpc) is 3.13. The molecule has 0 atom stereocenters. The fraction of sp³-hybridized carbons (Fsp3) is 0.368. The lowest BCUT2D eigenvalue weighted by molar-refractivity contribution is -0.122. The molecule has 2 amide bonds. The van der Waals surface area contributed by atoms with Crippen molar-refractivity contribution in [1.29, 1.82) is 0 Å². The van der Waals surface area contributed by atoms with Gasteiger partial charge in [0.2, 0.25) is 17.0 Å². The van der Waals surface area contributed by atoms with Crippen molar-refractivity contribution in [3.63, 3.8) is 0 Å². The number of pyridine rings is 1. The van der Waals surface area contributed by atoms with Gasteiger partial charge in [-0.25, -0.2) is 9.50 Å². The van der Waals surface area contributed by atoms with E-state index in [1.54, 1.807) is 16.9 Å². The summed E-state index contributed by atoms with van der Waals surface area (Å²) in [7, 11) is 0. The van der Waals surface area contributed by atoms with Crippen molar-refractivity contribution in [1.82, 2.24) is 35.2 Å². The second-order valence-corrected chi connectivity index (χ2v) is 7.25. The van der Waals surface area contributed by atoms with Crippen LogP contribution in [0.1, 0.15) is 28.9 Å². The zero-order valence-corrected chi connectivity index (χ0v) is 17.4. The van der Waals surface area contributed by atoms with Crippen molar-refractivity contribution in [2.45, 2.75) is 38.4 Å². The SMILES string of the molecule is CSc1nc2nc(C)c(CC(=O)NCCC(=O)NCc3ccncc3)c(C)n2n1. The second-order valence-electron chi connectivity index (χ2n) is 6.48. The van der Waals surface area contributed by atoms with E-state index < -0.39 is 0 Å². The molecule has 0 aromatic carbocycles. The summed E-state index contributed by atoms with van der Waals surface area (Å²) in [4.78, 5) is 37.0. The van der Waals surface area contributed by atoms with Gasteiger partial charge >= 0.3 is 0 Å². The average molecular weight is 414 g/mol. The van der Waals surface area contributed by atoms with E-state index in [1.165, 1.54) is 11.8 Å². The molecule has 3 aromatic heterocycles. The summed E-state index contributed by atoms with van der Waals surface area (Å²) in [5, 5.41) is 10.6. The van der Waals surface area contributed by atoms with Crippen LogP contribution < -0.4 is 10.6 Å². The third-order valence-corrected chi connectivity index (χ3v) is 5.00. The van der Waals surface area contributed by atoms with Crippen LogP contribution in [0.25, 0.3) is 5.78 Å². The number of aryl methyl sites for hydroxylation is 2. The fourth-order valence-corrected chi connectivity index (χ4v) is 3.20. The third-order valence-electron chi connectivity index (χ3n) is 4.46. The number of fused-ring (bicyclic) bond motifs is 1. The lowest BCUT2D eigenvalue weighted by atomic mass is 10.1. The van der Waals surface area contributed by atoms with Crippen molar-refractivity contribution in [2.75, 3.05) is 12.8 Å². The molecule has 0 aliphatic heterocycles. The topological polar surface area (TPSA) is 114 Å². The Morgan fingerprint density at radius 3 is 2.59 bits per heavy atom. The Labute approximate surface area is 172 Å². The summed E-state index contributed by atoms with van der Waals surface area (Å²) in [6.45, 7) is 4.47. The maximum Gasteiger partial charge on any atom is 0.253 e. The molecule has 0 bridgehead atoms. The van der Waals surface area contributed by atoms with Gasteiger partial charge in [0.15, 0.2) is 0 Å². The number of hydrogen-bond acceptors (Lipinski definition) is 7. The Hall–Kier alpha value is -3.01. The van der Waals surface area contributed by atoms with Gasteiger partial charge in [-0.1, -0.05) is 11.8 Å². The highest BCUT2D eigenvalue weighted by molar-refractivity contribution is 7.98. The molecule has 10 heteroatoms. The minimum atomic E-state index is -0.163. The molecule has 0 aliphatic carbocycles. The van der Waals surface area contributed by atoms with Crippen molar-refractivity contribution in [3.05, 3.63) is 47.0 Å². The maximum atomic E-state index is 12.3. The highest BCUT2D eigenvalue weighted by Crippen LogP contribution is 2.17. The van der Waals surface area contributed by atoms with Gasteiger partial charge in [-0.15, -0.1) is 5.10 Å². The lowest BCUT2D eigenvalue weighted by Gasteiger charge is -2.11. The summed E-state index contributed by atoms with van der Waals surface area (Å²) in [6.07, 6.45) is 5.65. The Morgan fingerprint density at radius 1 is 1.10 bits per heavy atom. The van der Waals surface area contributed by atoms with Crippen LogP contribution in [0.15, 0.2) is 29.7 Å². The lowest BCUT2D eigenvalue weighted by Crippen LogP contribution is -2.31. The van der Waals surface area contributed by atoms with Crippen LogP contribution in [0.5, 0.6) is 0 Å². The van der Waals surface area contributed by atoms with Gasteiger partial charge in [0, 0.05) is 48.9 Å². The molecule has 3 rings (SSSR count). The van der Waals surface area contributed by atoms with Crippen LogP contribution in [0.3, 0.4) is 0 Å². The predicted octanol–water partition coefficient (Wildman–Crippen LogP) is 1.22. The highest BCUT2D eigenvalue weighted by atomic mass is 32.2. The Morgan fingerprint density at radius 2 is 1.86 bits per heavy atom. The molecule has 0 aliphatic rings. The molecular weight excluding hydrogens is 390 g/mol. The summed E-state index contributed by atoms with van der Waals surface area (Å²) in [5.41, 5.74) is 3.38. The Bertz CT molecular complexity index is 1020. The van der Waals surface area contributed by atoms with Crippen LogP contribution in [-0.4, -0.2) is 49.2 Å². The minimum Gasteiger partial charge on any atom is -0.355 e. The van der Waals surface area contributed by atoms with E-state index in [-0.39, 0.29) is 31.2 Å². The predicted molar refractivity (Wildman–Crippen MR) is 109 cm³/mol. The molecule has 0 saturated heterocycles. The monoisotopic (exact) mass is 413 g/mol. The standard InChI is InChI=1S/C19H23N7O2S/c1-12-15(13(2)26-18(23-12)24-19(25-26)29-3)10-17(28)21-9-6-16(27)22-11-14-4-7-20-8-5-14/h4-5,7-8H,6,9-11H2,1-3H3,(H,21,28)(H,22,27). The number of thioether (sulfide) groups is 1. The molecule has 9 nitrogen and oxygen atoms in total. The van der Waals surface area contributed by atoms with E-state index in [2.05, 4.69) is 30.7 Å². The van der Waals surface area contributed by atoms with Crippen molar-refractivity contribution < 1.29 is 9.59 Å². The quantitative estimate of drug-likeness (QED) is 0.534. The Kier molecular flexibility index (Phi) is 6.76. The van der Waals surface area contributed by atoms with Gasteiger partial charge in [-0.2, -0.15) is 4.98 Å². The summed E-state index contributed by atoms with van der Waals surface area (Å²) in [6, 6.07) is 3.68. The maximum absolute atomic E-state index is 12.3. The van der Waals surface area contributed by atoms with E-state index in [0.29, 0.717) is 17.5 Å². The number of rotatable bonds is 8. The smallest absolute Gasteiger partial charge is 0.253 e. The number of amides is 2. The number of carbonyl (C=O) groups is 2. The van der Waals surface area contributed by atoms with Gasteiger partial charge < -0.3 is 10.6 Å². The van der Waals surface area contributed by atoms with Crippen LogP contribution in [-0.2, 0) is 22.6 Å². The van der Waals surface area contributed by atoms with Gasteiger partial charge in [-0.05, 0) is 37.8 Å². The van der Waals surface area contributed by atoms with E-state index >= 15 is 0 Å². The number of hydrogen-bond donors (Lipinski definition) is 2. The first-order chi connectivity index (χ1) is 14.0. The molecule has 29 heavy (non-hydrogen) atoms. The largest absolute Gasteiger partial charge is 0.355 e. The zero-order chi connectivity index (χ0) is 20.8. The van der Waals surface area contributed by atoms with E-state index in [1.807, 2.05) is 32.2 Å². The van der Waals surface area contributed by atoms with E-state index in [4.69, 9.17) is 0 Å². The molecule has 0 unspecified atom stereocenters. The summed E-state index contributed by atoms with van der Waals surface area (Å²) in [5.74, 6) is 0.244. The number of carbonyl (C=O) groups excluding carboxylic acids is 2. The Balaban J connectivity index is 1.51. The van der Waals surface area contributed by atoms with Crippen LogP contribution in [0, 0.1) is 13.8 Å².